The molecule has 0 aromatic carbocycles. The number of ether oxygens (including phenoxy) is 2. The third-order valence-corrected chi connectivity index (χ3v) is 3.79. The van der Waals surface area contributed by atoms with Gasteiger partial charge in [0.15, 0.2) is 0 Å². The van der Waals surface area contributed by atoms with Crippen LogP contribution in [0.2, 0.25) is 0 Å². The molecule has 0 aromatic heterocycles. The third-order valence-electron chi connectivity index (χ3n) is 2.41. The number of esters is 2. The molecular formula is C12H18O4S. The molecule has 1 rings (SSSR count). The summed E-state index contributed by atoms with van der Waals surface area (Å²) in [6.07, 6.45) is 0.178. The van der Waals surface area contributed by atoms with Gasteiger partial charge in [0.1, 0.15) is 0 Å². The zero-order chi connectivity index (χ0) is 12.8. The highest BCUT2D eigenvalue weighted by molar-refractivity contribution is 8.03. The molecule has 4 nitrogen and oxygen atoms in total. The second-order valence-corrected chi connectivity index (χ2v) is 4.87. The van der Waals surface area contributed by atoms with Gasteiger partial charge in [0, 0.05) is 10.7 Å². The van der Waals surface area contributed by atoms with Crippen molar-refractivity contribution in [1.82, 2.24) is 0 Å². The molecule has 1 aliphatic heterocycles. The van der Waals surface area contributed by atoms with Crippen molar-refractivity contribution in [3.8, 4) is 0 Å². The Hall–Kier alpha value is -0.970. The molecule has 0 N–H and O–H groups in total. The predicted octanol–water partition coefficient (Wildman–Crippen LogP) is 2.14. The molecular weight excluding hydrogens is 240 g/mol. The van der Waals surface area contributed by atoms with E-state index < -0.39 is 0 Å². The van der Waals surface area contributed by atoms with Gasteiger partial charge in [0.2, 0.25) is 0 Å². The summed E-state index contributed by atoms with van der Waals surface area (Å²) in [7, 11) is 0. The summed E-state index contributed by atoms with van der Waals surface area (Å²) >= 11 is 1.54. The van der Waals surface area contributed by atoms with Gasteiger partial charge in [-0.2, -0.15) is 0 Å². The van der Waals surface area contributed by atoms with E-state index >= 15 is 0 Å². The van der Waals surface area contributed by atoms with Crippen molar-refractivity contribution in [2.45, 2.75) is 27.2 Å². The van der Waals surface area contributed by atoms with Crippen LogP contribution in [0.15, 0.2) is 10.5 Å². The first-order chi connectivity index (χ1) is 8.10. The van der Waals surface area contributed by atoms with Crippen molar-refractivity contribution in [3.63, 3.8) is 0 Å². The summed E-state index contributed by atoms with van der Waals surface area (Å²) in [5.41, 5.74) is 0.643. The Bertz CT molecular complexity index is 335. The van der Waals surface area contributed by atoms with E-state index in [1.165, 1.54) is 0 Å². The largest absolute Gasteiger partial charge is 0.466 e. The van der Waals surface area contributed by atoms with Gasteiger partial charge in [0.25, 0.3) is 0 Å². The number of carbonyl (C=O) groups is 2. The van der Waals surface area contributed by atoms with E-state index in [-0.39, 0.29) is 24.3 Å². The average Bonchev–Trinajstić information content (AvgIpc) is 2.60. The van der Waals surface area contributed by atoms with E-state index in [0.717, 1.165) is 10.7 Å². The van der Waals surface area contributed by atoms with Crippen LogP contribution in [-0.2, 0) is 19.1 Å². The van der Waals surface area contributed by atoms with Crippen molar-refractivity contribution in [2.24, 2.45) is 5.92 Å². The van der Waals surface area contributed by atoms with Crippen molar-refractivity contribution in [2.75, 3.05) is 19.0 Å². The summed E-state index contributed by atoms with van der Waals surface area (Å²) in [5.74, 6) is 0.377. The van der Waals surface area contributed by atoms with Gasteiger partial charge in [0.05, 0.1) is 25.2 Å². The standard InChI is InChI=1S/C12H18O4S/c1-4-15-10(13)6-9-11(8(3)7-17-9)12(14)16-5-2/h8H,4-7H2,1-3H3. The monoisotopic (exact) mass is 258 g/mol. The first-order valence-corrected chi connectivity index (χ1v) is 6.77. The minimum Gasteiger partial charge on any atom is -0.466 e. The van der Waals surface area contributed by atoms with E-state index in [2.05, 4.69) is 0 Å². The number of hydrogen-bond donors (Lipinski definition) is 0. The molecule has 17 heavy (non-hydrogen) atoms. The fraction of sp³-hybridized carbons (Fsp3) is 0.667. The van der Waals surface area contributed by atoms with Crippen LogP contribution in [0.25, 0.3) is 0 Å². The van der Waals surface area contributed by atoms with Crippen molar-refractivity contribution < 1.29 is 19.1 Å². The summed E-state index contributed by atoms with van der Waals surface area (Å²) in [6, 6.07) is 0. The summed E-state index contributed by atoms with van der Waals surface area (Å²) in [6.45, 7) is 6.23. The number of hydrogen-bond acceptors (Lipinski definition) is 5. The van der Waals surface area contributed by atoms with Crippen LogP contribution in [0.3, 0.4) is 0 Å². The highest BCUT2D eigenvalue weighted by atomic mass is 32.2. The smallest absolute Gasteiger partial charge is 0.335 e. The quantitative estimate of drug-likeness (QED) is 0.707. The molecule has 0 bridgehead atoms. The van der Waals surface area contributed by atoms with Gasteiger partial charge in [-0.15, -0.1) is 11.8 Å². The fourth-order valence-corrected chi connectivity index (χ4v) is 2.95. The Morgan fingerprint density at radius 1 is 1.29 bits per heavy atom. The Kier molecular flexibility index (Phi) is 5.55. The molecule has 5 heteroatoms. The molecule has 0 saturated carbocycles. The molecule has 96 valence electrons. The summed E-state index contributed by atoms with van der Waals surface area (Å²) in [5, 5.41) is 0. The molecule has 1 aliphatic rings. The maximum Gasteiger partial charge on any atom is 0.335 e. The molecule has 1 atom stereocenters. The molecule has 0 aliphatic carbocycles. The summed E-state index contributed by atoms with van der Waals surface area (Å²) < 4.78 is 9.89. The Morgan fingerprint density at radius 2 is 1.94 bits per heavy atom. The van der Waals surface area contributed by atoms with Gasteiger partial charge in [-0.1, -0.05) is 6.92 Å². The predicted molar refractivity (Wildman–Crippen MR) is 66.5 cm³/mol. The van der Waals surface area contributed by atoms with Crippen LogP contribution in [0.5, 0.6) is 0 Å². The second kappa shape index (κ2) is 6.69. The lowest BCUT2D eigenvalue weighted by Crippen LogP contribution is -2.14. The van der Waals surface area contributed by atoms with Gasteiger partial charge in [-0.25, -0.2) is 4.79 Å². The molecule has 0 fully saturated rings. The molecule has 0 saturated heterocycles. The fourth-order valence-electron chi connectivity index (χ4n) is 1.67. The van der Waals surface area contributed by atoms with Gasteiger partial charge in [-0.05, 0) is 19.8 Å². The zero-order valence-corrected chi connectivity index (χ0v) is 11.3. The number of carbonyl (C=O) groups excluding carboxylic acids is 2. The maximum atomic E-state index is 11.8. The maximum absolute atomic E-state index is 11.8. The Morgan fingerprint density at radius 3 is 2.53 bits per heavy atom. The summed E-state index contributed by atoms with van der Waals surface area (Å²) in [4.78, 5) is 24.0. The third kappa shape index (κ3) is 3.77. The first-order valence-electron chi connectivity index (χ1n) is 5.78. The minimum absolute atomic E-state index is 0.142. The number of rotatable bonds is 5. The molecule has 0 radical (unpaired) electrons. The topological polar surface area (TPSA) is 52.6 Å². The first kappa shape index (κ1) is 14.1. The van der Waals surface area contributed by atoms with Crippen LogP contribution >= 0.6 is 11.8 Å². The van der Waals surface area contributed by atoms with E-state index in [9.17, 15) is 9.59 Å². The molecule has 0 spiro atoms. The van der Waals surface area contributed by atoms with E-state index in [1.807, 2.05) is 6.92 Å². The second-order valence-electron chi connectivity index (χ2n) is 3.75. The number of thioether (sulfide) groups is 1. The van der Waals surface area contributed by atoms with Gasteiger partial charge >= 0.3 is 11.9 Å². The van der Waals surface area contributed by atoms with Crippen LogP contribution in [0.1, 0.15) is 27.2 Å². The average molecular weight is 258 g/mol. The van der Waals surface area contributed by atoms with E-state index in [1.54, 1.807) is 25.6 Å². The van der Waals surface area contributed by atoms with E-state index in [4.69, 9.17) is 9.47 Å². The van der Waals surface area contributed by atoms with Crippen LogP contribution in [-0.4, -0.2) is 30.9 Å². The molecule has 1 unspecified atom stereocenters. The normalized spacial score (nSPS) is 19.4. The van der Waals surface area contributed by atoms with Gasteiger partial charge in [-0.3, -0.25) is 4.79 Å². The van der Waals surface area contributed by atoms with Gasteiger partial charge < -0.3 is 9.47 Å². The highest BCUT2D eigenvalue weighted by Crippen LogP contribution is 2.38. The Labute approximate surface area is 106 Å². The minimum atomic E-state index is -0.302. The Balaban J connectivity index is 2.77. The van der Waals surface area contributed by atoms with E-state index in [0.29, 0.717) is 18.8 Å². The van der Waals surface area contributed by atoms with Crippen LogP contribution in [0.4, 0.5) is 0 Å². The van der Waals surface area contributed by atoms with Crippen molar-refractivity contribution >= 4 is 23.7 Å². The SMILES string of the molecule is CCOC(=O)CC1=C(C(=O)OCC)C(C)CS1. The lowest BCUT2D eigenvalue weighted by Gasteiger charge is -2.09. The lowest BCUT2D eigenvalue weighted by molar-refractivity contribution is -0.142. The molecule has 0 aromatic rings. The zero-order valence-electron chi connectivity index (χ0n) is 10.4. The lowest BCUT2D eigenvalue weighted by atomic mass is 10.0. The van der Waals surface area contributed by atoms with Crippen LogP contribution in [0, 0.1) is 5.92 Å². The van der Waals surface area contributed by atoms with Crippen LogP contribution < -0.4 is 0 Å². The van der Waals surface area contributed by atoms with Crippen molar-refractivity contribution in [3.05, 3.63) is 10.5 Å². The molecule has 1 heterocycles. The highest BCUT2D eigenvalue weighted by Gasteiger charge is 2.30. The molecule has 0 amide bonds. The van der Waals surface area contributed by atoms with Crippen molar-refractivity contribution in [1.29, 1.82) is 0 Å².